The fourth-order valence-electron chi connectivity index (χ4n) is 4.23. The summed E-state index contributed by atoms with van der Waals surface area (Å²) in [6.07, 6.45) is 4.30. The summed E-state index contributed by atoms with van der Waals surface area (Å²) >= 11 is 1.62. The number of rotatable bonds is 11. The minimum atomic E-state index is -0.884. The molecule has 3 aromatic heterocycles. The van der Waals surface area contributed by atoms with Gasteiger partial charge in [-0.2, -0.15) is 0 Å². The number of halogens is 1. The van der Waals surface area contributed by atoms with Crippen molar-refractivity contribution in [3.05, 3.63) is 113 Å². The average Bonchev–Trinajstić information content (AvgIpc) is 3.38. The third-order valence-corrected chi connectivity index (χ3v) is 7.45. The lowest BCUT2D eigenvalue weighted by molar-refractivity contribution is -0.136. The molecule has 0 bridgehead atoms. The van der Waals surface area contributed by atoms with Gasteiger partial charge in [0, 0.05) is 41.2 Å². The molecule has 0 atom stereocenters. The highest BCUT2D eigenvalue weighted by atomic mass is 35.5. The van der Waals surface area contributed by atoms with Crippen LogP contribution in [0.1, 0.15) is 33.0 Å². The second kappa shape index (κ2) is 14.3. The van der Waals surface area contributed by atoms with Crippen molar-refractivity contribution in [1.82, 2.24) is 15.0 Å². The van der Waals surface area contributed by atoms with Crippen molar-refractivity contribution in [1.29, 1.82) is 0 Å². The van der Waals surface area contributed by atoms with Gasteiger partial charge in [-0.25, -0.2) is 4.98 Å². The zero-order valence-electron chi connectivity index (χ0n) is 22.8. The first-order valence-electron chi connectivity index (χ1n) is 13.1. The summed E-state index contributed by atoms with van der Waals surface area (Å²) in [6, 6.07) is 24.5. The molecule has 5 aromatic rings. The van der Waals surface area contributed by atoms with Crippen molar-refractivity contribution in [2.45, 2.75) is 26.2 Å². The van der Waals surface area contributed by atoms with E-state index >= 15 is 0 Å². The highest BCUT2D eigenvalue weighted by Crippen LogP contribution is 2.30. The Labute approximate surface area is 253 Å². The minimum absolute atomic E-state index is 0. The Kier molecular flexibility index (Phi) is 10.4. The first-order chi connectivity index (χ1) is 20.0. The molecule has 8 nitrogen and oxygen atoms in total. The number of carboxylic acids is 1. The molecule has 1 amide bonds. The van der Waals surface area contributed by atoms with Crippen LogP contribution in [-0.2, 0) is 17.6 Å². The number of nitrogens with one attached hydrogen (secondary N) is 1. The Bertz CT molecular complexity index is 1640. The number of thiazole rings is 1. The third-order valence-electron chi connectivity index (χ3n) is 6.39. The number of nitrogens with zero attached hydrogens (tertiary/aromatic N) is 3. The van der Waals surface area contributed by atoms with E-state index in [1.807, 2.05) is 61.7 Å². The number of benzene rings is 2. The van der Waals surface area contributed by atoms with Crippen LogP contribution < -0.4 is 10.1 Å². The predicted octanol–water partition coefficient (Wildman–Crippen LogP) is 6.89. The Balaban J connectivity index is 0.00000405. The number of anilines is 1. The van der Waals surface area contributed by atoms with Gasteiger partial charge in [-0.3, -0.25) is 19.6 Å². The minimum Gasteiger partial charge on any atom is -0.491 e. The van der Waals surface area contributed by atoms with Crippen molar-refractivity contribution in [3.63, 3.8) is 0 Å². The molecule has 0 spiro atoms. The Hall–Kier alpha value is -4.60. The van der Waals surface area contributed by atoms with Gasteiger partial charge in [-0.15, -0.1) is 23.7 Å². The van der Waals surface area contributed by atoms with E-state index in [2.05, 4.69) is 15.3 Å². The second-order valence-electron chi connectivity index (χ2n) is 9.31. The van der Waals surface area contributed by atoms with Crippen LogP contribution in [0.25, 0.3) is 21.8 Å². The summed E-state index contributed by atoms with van der Waals surface area (Å²) < 4.78 is 6.09. The van der Waals surface area contributed by atoms with Gasteiger partial charge in [0.1, 0.15) is 16.5 Å². The van der Waals surface area contributed by atoms with Gasteiger partial charge in [0.05, 0.1) is 23.7 Å². The highest BCUT2D eigenvalue weighted by Gasteiger charge is 2.15. The van der Waals surface area contributed by atoms with Gasteiger partial charge in [-0.1, -0.05) is 42.5 Å². The van der Waals surface area contributed by atoms with E-state index in [-0.39, 0.29) is 30.4 Å². The Morgan fingerprint density at radius 2 is 1.74 bits per heavy atom. The van der Waals surface area contributed by atoms with Crippen LogP contribution in [-0.4, -0.2) is 38.5 Å². The normalized spacial score (nSPS) is 10.5. The number of amides is 1. The monoisotopic (exact) mass is 600 g/mol. The van der Waals surface area contributed by atoms with Crippen molar-refractivity contribution < 1.29 is 19.4 Å². The van der Waals surface area contributed by atoms with Crippen LogP contribution in [0.15, 0.2) is 91.3 Å². The number of carboxylic acid groups (broad SMARTS) is 1. The van der Waals surface area contributed by atoms with Gasteiger partial charge < -0.3 is 15.2 Å². The Morgan fingerprint density at radius 3 is 2.45 bits per heavy atom. The van der Waals surface area contributed by atoms with Gasteiger partial charge in [0.15, 0.2) is 0 Å². The van der Waals surface area contributed by atoms with Crippen LogP contribution in [0, 0.1) is 6.92 Å². The fraction of sp³-hybridized carbons (Fsp3) is 0.156. The number of aromatic nitrogens is 3. The maximum absolute atomic E-state index is 12.8. The van der Waals surface area contributed by atoms with Gasteiger partial charge in [0.25, 0.3) is 5.91 Å². The lowest BCUT2D eigenvalue weighted by Crippen LogP contribution is -2.15. The predicted molar refractivity (Wildman–Crippen MR) is 167 cm³/mol. The summed E-state index contributed by atoms with van der Waals surface area (Å²) in [5.41, 5.74) is 5.39. The smallest absolute Gasteiger partial charge is 0.303 e. The number of carbonyl (C=O) groups is 2. The van der Waals surface area contributed by atoms with Gasteiger partial charge >= 0.3 is 5.97 Å². The van der Waals surface area contributed by atoms with Crippen LogP contribution in [0.2, 0.25) is 0 Å². The molecule has 0 radical (unpaired) electrons. The molecule has 42 heavy (non-hydrogen) atoms. The SMILES string of the molecule is Cc1sc(-c2ccc(-c3ccccc3)nc2)nc1CCOc1ccc(CCC(=O)O)cc1NC(=O)c1ccccn1.Cl. The zero-order valence-corrected chi connectivity index (χ0v) is 24.5. The molecule has 0 saturated heterocycles. The standard InChI is InChI=1S/C32H28N4O4S.ClH/c1-21-25(36-32(41-21)24-12-13-26(34-20-24)23-7-3-2-4-8-23)16-18-40-29-14-10-22(11-15-30(37)38)19-28(29)35-31(39)27-9-5-6-17-33-27;/h2-10,12-14,17,19-20H,11,15-16,18H2,1H3,(H,35,39)(H,37,38);1H. The van der Waals surface area contributed by atoms with E-state index in [1.54, 1.807) is 47.9 Å². The maximum Gasteiger partial charge on any atom is 0.303 e. The van der Waals surface area contributed by atoms with E-state index in [9.17, 15) is 9.59 Å². The van der Waals surface area contributed by atoms with Crippen molar-refractivity contribution >= 4 is 41.3 Å². The lowest BCUT2D eigenvalue weighted by Gasteiger charge is -2.14. The molecular formula is C32H29ClN4O4S. The summed E-state index contributed by atoms with van der Waals surface area (Å²) in [5, 5.41) is 12.8. The number of pyridine rings is 2. The van der Waals surface area contributed by atoms with Gasteiger partial charge in [-0.05, 0) is 55.3 Å². The average molecular weight is 601 g/mol. The molecule has 0 aliphatic heterocycles. The topological polar surface area (TPSA) is 114 Å². The molecule has 10 heteroatoms. The second-order valence-corrected chi connectivity index (χ2v) is 10.5. The molecule has 214 valence electrons. The van der Waals surface area contributed by atoms with E-state index in [0.717, 1.165) is 38.0 Å². The number of aliphatic carboxylic acids is 1. The number of ether oxygens (including phenoxy) is 1. The van der Waals surface area contributed by atoms with Crippen LogP contribution >= 0.6 is 23.7 Å². The maximum atomic E-state index is 12.8. The number of hydrogen-bond donors (Lipinski definition) is 2. The van der Waals surface area contributed by atoms with E-state index in [0.29, 0.717) is 30.9 Å². The van der Waals surface area contributed by atoms with Crippen LogP contribution in [0.4, 0.5) is 5.69 Å². The molecule has 3 heterocycles. The first-order valence-corrected chi connectivity index (χ1v) is 14.0. The van der Waals surface area contributed by atoms with E-state index in [1.165, 1.54) is 0 Å². The quantitative estimate of drug-likeness (QED) is 0.170. The van der Waals surface area contributed by atoms with Gasteiger partial charge in [0.2, 0.25) is 0 Å². The summed E-state index contributed by atoms with van der Waals surface area (Å²) in [4.78, 5) is 38.5. The van der Waals surface area contributed by atoms with E-state index < -0.39 is 5.97 Å². The molecule has 0 aliphatic rings. The fourth-order valence-corrected chi connectivity index (χ4v) is 5.18. The number of carbonyl (C=O) groups excluding carboxylic acids is 1. The lowest BCUT2D eigenvalue weighted by atomic mass is 10.1. The van der Waals surface area contributed by atoms with E-state index in [4.69, 9.17) is 14.8 Å². The highest BCUT2D eigenvalue weighted by molar-refractivity contribution is 7.15. The van der Waals surface area contributed by atoms with Crippen LogP contribution in [0.5, 0.6) is 5.75 Å². The van der Waals surface area contributed by atoms with Crippen molar-refractivity contribution in [3.8, 4) is 27.6 Å². The molecular weight excluding hydrogens is 572 g/mol. The summed E-state index contributed by atoms with van der Waals surface area (Å²) in [7, 11) is 0. The summed E-state index contributed by atoms with van der Waals surface area (Å²) in [6.45, 7) is 2.38. The third kappa shape index (κ3) is 7.78. The zero-order chi connectivity index (χ0) is 28.6. The number of aryl methyl sites for hydroxylation is 2. The summed E-state index contributed by atoms with van der Waals surface area (Å²) in [5.74, 6) is -0.773. The van der Waals surface area contributed by atoms with Crippen LogP contribution in [0.3, 0.4) is 0 Å². The first kappa shape index (κ1) is 30.4. The largest absolute Gasteiger partial charge is 0.491 e. The number of hydrogen-bond acceptors (Lipinski definition) is 7. The molecule has 0 saturated carbocycles. The molecule has 0 aliphatic carbocycles. The molecule has 0 fully saturated rings. The molecule has 5 rings (SSSR count). The van der Waals surface area contributed by atoms with Crippen molar-refractivity contribution in [2.75, 3.05) is 11.9 Å². The molecule has 2 aromatic carbocycles. The Morgan fingerprint density at radius 1 is 0.929 bits per heavy atom. The molecule has 2 N–H and O–H groups in total. The van der Waals surface area contributed by atoms with Crippen molar-refractivity contribution in [2.24, 2.45) is 0 Å². The molecule has 0 unspecified atom stereocenters.